The average Bonchev–Trinajstić information content (AvgIpc) is 2.69. The van der Waals surface area contributed by atoms with E-state index in [1.165, 1.54) is 0 Å². The Kier molecular flexibility index (Phi) is 5.70. The zero-order valence-corrected chi connectivity index (χ0v) is 16.5. The van der Waals surface area contributed by atoms with Crippen LogP contribution in [0.5, 0.6) is 0 Å². The molecule has 134 valence electrons. The van der Waals surface area contributed by atoms with Gasteiger partial charge in [0.15, 0.2) is 5.45 Å². The van der Waals surface area contributed by atoms with Crippen LogP contribution in [0, 0.1) is 0 Å². The van der Waals surface area contributed by atoms with Gasteiger partial charge < -0.3 is 4.74 Å². The molecule has 2 aromatic carbocycles. The lowest BCUT2D eigenvalue weighted by atomic mass is 10.1. The summed E-state index contributed by atoms with van der Waals surface area (Å²) in [7, 11) is 0. The van der Waals surface area contributed by atoms with Crippen LogP contribution in [0.4, 0.5) is 5.69 Å². The number of anilines is 1. The van der Waals surface area contributed by atoms with Gasteiger partial charge >= 0.3 is 5.97 Å². The number of esters is 1. The highest BCUT2D eigenvalue weighted by molar-refractivity contribution is 8.25. The molecule has 0 saturated carbocycles. The van der Waals surface area contributed by atoms with Crippen molar-refractivity contribution in [3.05, 3.63) is 72.0 Å². The molecule has 0 saturated heterocycles. The van der Waals surface area contributed by atoms with Crippen molar-refractivity contribution in [3.63, 3.8) is 0 Å². The quantitative estimate of drug-likeness (QED) is 0.544. The Labute approximate surface area is 159 Å². The van der Waals surface area contributed by atoms with Crippen molar-refractivity contribution in [2.75, 3.05) is 17.8 Å². The van der Waals surface area contributed by atoms with Crippen molar-refractivity contribution in [3.8, 4) is 0 Å². The standard InChI is InChI=1S/C20H21N2O2PS/c1-3-24-20(23)19-21-22(17-13-9-6-10-14-17)18(15-25(19,26)4-2)16-11-7-5-8-12-16/h5-15H,3-4H2,1-2H3. The molecule has 0 spiro atoms. The van der Waals surface area contributed by atoms with Gasteiger partial charge in [-0.05, 0) is 31.0 Å². The molecule has 3 rings (SSSR count). The molecule has 1 aliphatic rings. The molecule has 0 N–H and O–H groups in total. The fraction of sp³-hybridized carbons (Fsp3) is 0.200. The second-order valence-corrected chi connectivity index (χ2v) is 10.6. The van der Waals surface area contributed by atoms with E-state index in [0.29, 0.717) is 18.2 Å². The third-order valence-electron chi connectivity index (χ3n) is 4.11. The highest BCUT2D eigenvalue weighted by atomic mass is 32.4. The second-order valence-electron chi connectivity index (χ2n) is 5.78. The number of carbonyl (C=O) groups is 1. The minimum atomic E-state index is -2.26. The number of benzene rings is 2. The Morgan fingerprint density at radius 2 is 1.69 bits per heavy atom. The van der Waals surface area contributed by atoms with Crippen molar-refractivity contribution in [1.82, 2.24) is 0 Å². The summed E-state index contributed by atoms with van der Waals surface area (Å²) in [6.45, 7) is 4.10. The lowest BCUT2D eigenvalue weighted by Gasteiger charge is -2.32. The molecule has 0 radical (unpaired) electrons. The number of hydrazone groups is 1. The summed E-state index contributed by atoms with van der Waals surface area (Å²) < 4.78 is 5.24. The maximum atomic E-state index is 12.5. The van der Waals surface area contributed by atoms with Crippen molar-refractivity contribution in [1.29, 1.82) is 0 Å². The van der Waals surface area contributed by atoms with Crippen LogP contribution in [0.2, 0.25) is 0 Å². The summed E-state index contributed by atoms with van der Waals surface area (Å²) in [5.74, 6) is 1.64. The molecule has 1 aliphatic heterocycles. The number of carbonyl (C=O) groups excluding carboxylic acids is 1. The molecule has 4 nitrogen and oxygen atoms in total. The zero-order valence-electron chi connectivity index (χ0n) is 14.8. The molecular weight excluding hydrogens is 363 g/mol. The molecule has 0 fully saturated rings. The van der Waals surface area contributed by atoms with Gasteiger partial charge in [-0.15, -0.1) is 0 Å². The molecule has 1 unspecified atom stereocenters. The van der Waals surface area contributed by atoms with Crippen LogP contribution >= 0.6 is 6.04 Å². The Balaban J connectivity index is 2.17. The van der Waals surface area contributed by atoms with Gasteiger partial charge in [-0.2, -0.15) is 5.10 Å². The smallest absolute Gasteiger partial charge is 0.360 e. The molecule has 1 atom stereocenters. The molecular formula is C20H21N2O2PS. The molecule has 6 heteroatoms. The topological polar surface area (TPSA) is 41.9 Å². The molecule has 2 aromatic rings. The van der Waals surface area contributed by atoms with E-state index in [9.17, 15) is 4.79 Å². The van der Waals surface area contributed by atoms with Crippen LogP contribution in [0.1, 0.15) is 19.4 Å². The molecule has 0 bridgehead atoms. The number of hydrogen-bond acceptors (Lipinski definition) is 5. The van der Waals surface area contributed by atoms with Crippen molar-refractivity contribution in [2.45, 2.75) is 13.8 Å². The molecule has 0 aliphatic carbocycles. The van der Waals surface area contributed by atoms with Crippen LogP contribution in [-0.4, -0.2) is 24.2 Å². The van der Waals surface area contributed by atoms with E-state index in [4.69, 9.17) is 21.6 Å². The lowest BCUT2D eigenvalue weighted by Crippen LogP contribution is -2.28. The number of rotatable bonds is 5. The lowest BCUT2D eigenvalue weighted by molar-refractivity contribution is -0.134. The summed E-state index contributed by atoms with van der Waals surface area (Å²) in [4.78, 5) is 12.5. The van der Waals surface area contributed by atoms with Crippen LogP contribution in [0.3, 0.4) is 0 Å². The summed E-state index contributed by atoms with van der Waals surface area (Å²) in [6.07, 6.45) is 0.680. The molecule has 26 heavy (non-hydrogen) atoms. The second kappa shape index (κ2) is 7.98. The highest BCUT2D eigenvalue weighted by Crippen LogP contribution is 2.55. The van der Waals surface area contributed by atoms with E-state index in [2.05, 4.69) is 5.82 Å². The van der Waals surface area contributed by atoms with Gasteiger partial charge in [-0.25, -0.2) is 9.80 Å². The van der Waals surface area contributed by atoms with Gasteiger partial charge in [-0.1, -0.05) is 67.3 Å². The maximum absolute atomic E-state index is 12.5. The fourth-order valence-corrected chi connectivity index (χ4v) is 5.25. The Bertz CT molecular complexity index is 895. The predicted octanol–water partition coefficient (Wildman–Crippen LogP) is 4.88. The number of nitrogens with zero attached hydrogens (tertiary/aromatic N) is 2. The number of hydrogen-bond donors (Lipinski definition) is 0. The molecule has 0 aromatic heterocycles. The summed E-state index contributed by atoms with van der Waals surface area (Å²) >= 11 is 5.92. The number of ether oxygens (including phenoxy) is 1. The van der Waals surface area contributed by atoms with E-state index in [1.54, 1.807) is 11.9 Å². The van der Waals surface area contributed by atoms with Gasteiger partial charge in [0.05, 0.1) is 18.0 Å². The minimum absolute atomic E-state index is 0.303. The normalized spacial score (nSPS) is 19.5. The van der Waals surface area contributed by atoms with Gasteiger partial charge in [0.1, 0.15) is 0 Å². The van der Waals surface area contributed by atoms with Crippen molar-refractivity contribution >= 4 is 40.7 Å². The first-order valence-electron chi connectivity index (χ1n) is 8.57. The summed E-state index contributed by atoms with van der Waals surface area (Å²) in [5, 5.41) is 6.50. The fourth-order valence-electron chi connectivity index (χ4n) is 2.74. The predicted molar refractivity (Wildman–Crippen MR) is 112 cm³/mol. The van der Waals surface area contributed by atoms with Crippen LogP contribution in [0.15, 0.2) is 71.6 Å². The Hall–Kier alpha value is -2.23. The van der Waals surface area contributed by atoms with E-state index < -0.39 is 12.0 Å². The van der Waals surface area contributed by atoms with E-state index in [-0.39, 0.29) is 0 Å². The highest BCUT2D eigenvalue weighted by Gasteiger charge is 2.34. The van der Waals surface area contributed by atoms with Crippen LogP contribution < -0.4 is 5.01 Å². The van der Waals surface area contributed by atoms with Gasteiger partial charge in [0.2, 0.25) is 0 Å². The van der Waals surface area contributed by atoms with Crippen LogP contribution in [0.25, 0.3) is 5.70 Å². The average molecular weight is 384 g/mol. The molecule has 1 heterocycles. The van der Waals surface area contributed by atoms with Gasteiger partial charge in [0.25, 0.3) is 0 Å². The van der Waals surface area contributed by atoms with Gasteiger partial charge in [-0.3, -0.25) is 0 Å². The first-order valence-corrected chi connectivity index (χ1v) is 11.6. The summed E-state index contributed by atoms with van der Waals surface area (Å²) in [6, 6.07) is 17.5. The largest absolute Gasteiger partial charge is 0.461 e. The zero-order chi connectivity index (χ0) is 18.6. The van der Waals surface area contributed by atoms with E-state index in [1.807, 2.05) is 67.6 Å². The van der Waals surface area contributed by atoms with E-state index in [0.717, 1.165) is 16.9 Å². The third kappa shape index (κ3) is 3.64. The number of para-hydroxylation sites is 1. The molecule has 0 amide bonds. The Morgan fingerprint density at radius 3 is 2.27 bits per heavy atom. The monoisotopic (exact) mass is 384 g/mol. The van der Waals surface area contributed by atoms with Crippen molar-refractivity contribution < 1.29 is 9.53 Å². The first-order chi connectivity index (χ1) is 12.6. The minimum Gasteiger partial charge on any atom is -0.461 e. The third-order valence-corrected chi connectivity index (χ3v) is 8.31. The Morgan fingerprint density at radius 1 is 1.08 bits per heavy atom. The first kappa shape index (κ1) is 18.6. The van der Waals surface area contributed by atoms with Crippen LogP contribution in [-0.2, 0) is 21.3 Å². The maximum Gasteiger partial charge on any atom is 0.360 e. The van der Waals surface area contributed by atoms with Gasteiger partial charge in [0, 0.05) is 11.6 Å². The van der Waals surface area contributed by atoms with E-state index >= 15 is 0 Å². The summed E-state index contributed by atoms with van der Waals surface area (Å²) in [5.41, 5.74) is 3.17. The van der Waals surface area contributed by atoms with Crippen molar-refractivity contribution in [2.24, 2.45) is 5.10 Å². The SMILES string of the molecule is CCOC(=O)C1=NN(c2ccccc2)C(c2ccccc2)=CP1(=S)CC.